The third-order valence-electron chi connectivity index (χ3n) is 4.81. The molecule has 8 nitrogen and oxygen atoms in total. The van der Waals surface area contributed by atoms with Crippen LogP contribution in [-0.2, 0) is 0 Å². The first-order valence-electron chi connectivity index (χ1n) is 9.47. The van der Waals surface area contributed by atoms with Gasteiger partial charge in [-0.15, -0.1) is 0 Å². The molecule has 0 atom stereocenters. The summed E-state index contributed by atoms with van der Waals surface area (Å²) in [7, 11) is 0. The summed E-state index contributed by atoms with van der Waals surface area (Å²) in [5.74, 6) is 2.17. The van der Waals surface area contributed by atoms with Crippen LogP contribution < -0.4 is 4.90 Å². The normalized spacial score (nSPS) is 14.5. The molecule has 4 rings (SSSR count). The van der Waals surface area contributed by atoms with Gasteiger partial charge in [0, 0.05) is 50.1 Å². The lowest BCUT2D eigenvalue weighted by Crippen LogP contribution is -2.49. The van der Waals surface area contributed by atoms with Crippen LogP contribution in [0.2, 0.25) is 5.15 Å². The molecule has 4 heterocycles. The highest BCUT2D eigenvalue weighted by Gasteiger charge is 2.23. The molecule has 1 fully saturated rings. The highest BCUT2D eigenvalue weighted by atomic mass is 35.5. The van der Waals surface area contributed by atoms with Gasteiger partial charge in [-0.3, -0.25) is 4.79 Å². The van der Waals surface area contributed by atoms with Gasteiger partial charge in [0.2, 0.25) is 11.7 Å². The van der Waals surface area contributed by atoms with Crippen molar-refractivity contribution in [1.82, 2.24) is 25.0 Å². The molecule has 0 radical (unpaired) electrons. The molecule has 0 saturated carbocycles. The second-order valence-electron chi connectivity index (χ2n) is 7.16. The number of hydrogen-bond donors (Lipinski definition) is 0. The summed E-state index contributed by atoms with van der Waals surface area (Å²) >= 11 is 5.79. The summed E-state index contributed by atoms with van der Waals surface area (Å²) in [5, 5.41) is 4.39. The Balaban J connectivity index is 1.38. The third kappa shape index (κ3) is 4.22. The largest absolute Gasteiger partial charge is 0.353 e. The highest BCUT2D eigenvalue weighted by molar-refractivity contribution is 6.29. The molecule has 0 N–H and O–H groups in total. The van der Waals surface area contributed by atoms with Gasteiger partial charge < -0.3 is 14.3 Å². The summed E-state index contributed by atoms with van der Waals surface area (Å²) in [6.45, 7) is 6.66. The molecular weight excluding hydrogens is 392 g/mol. The van der Waals surface area contributed by atoms with E-state index in [1.807, 2.05) is 30.9 Å². The Bertz CT molecular complexity index is 979. The van der Waals surface area contributed by atoms with E-state index in [0.717, 1.165) is 11.4 Å². The molecule has 0 bridgehead atoms. The van der Waals surface area contributed by atoms with E-state index >= 15 is 0 Å². The standard InChI is InChI=1S/C20H21ClN6O2/c1-13(2)19-24-18(25-29-19)14-4-6-17(23-11-14)26-7-9-27(10-8-26)20(28)15-3-5-16(21)22-12-15/h3-6,11-13H,7-10H2,1-2H3. The Labute approximate surface area is 173 Å². The number of carbonyl (C=O) groups excluding carboxylic acids is 1. The molecule has 0 spiro atoms. The maximum Gasteiger partial charge on any atom is 0.255 e. The fourth-order valence-corrected chi connectivity index (χ4v) is 3.23. The maximum absolute atomic E-state index is 12.6. The van der Waals surface area contributed by atoms with Gasteiger partial charge in [-0.05, 0) is 24.3 Å². The summed E-state index contributed by atoms with van der Waals surface area (Å²) in [4.78, 5) is 29.5. The number of aromatic nitrogens is 4. The molecule has 3 aromatic heterocycles. The molecule has 1 saturated heterocycles. The van der Waals surface area contributed by atoms with Crippen molar-refractivity contribution in [3.05, 3.63) is 53.3 Å². The van der Waals surface area contributed by atoms with Crippen molar-refractivity contribution < 1.29 is 9.32 Å². The number of carbonyl (C=O) groups is 1. The number of amides is 1. The number of anilines is 1. The first-order valence-corrected chi connectivity index (χ1v) is 9.85. The average Bonchev–Trinajstić information content (AvgIpc) is 3.25. The maximum atomic E-state index is 12.6. The average molecular weight is 413 g/mol. The van der Waals surface area contributed by atoms with Gasteiger partial charge in [0.25, 0.3) is 5.91 Å². The van der Waals surface area contributed by atoms with E-state index in [-0.39, 0.29) is 11.8 Å². The Kier molecular flexibility index (Phi) is 5.44. The highest BCUT2D eigenvalue weighted by Crippen LogP contribution is 2.22. The van der Waals surface area contributed by atoms with Crippen LogP contribution in [0, 0.1) is 0 Å². The third-order valence-corrected chi connectivity index (χ3v) is 5.03. The molecule has 1 aliphatic heterocycles. The Hall–Kier alpha value is -3.00. The molecule has 3 aromatic rings. The van der Waals surface area contributed by atoms with Crippen molar-refractivity contribution in [1.29, 1.82) is 0 Å². The van der Waals surface area contributed by atoms with Crippen LogP contribution in [0.4, 0.5) is 5.82 Å². The summed E-state index contributed by atoms with van der Waals surface area (Å²) in [6, 6.07) is 7.22. The van der Waals surface area contributed by atoms with Gasteiger partial charge in [-0.25, -0.2) is 9.97 Å². The van der Waals surface area contributed by atoms with E-state index in [1.165, 1.54) is 6.20 Å². The molecule has 1 amide bonds. The van der Waals surface area contributed by atoms with Crippen LogP contribution in [0.25, 0.3) is 11.4 Å². The van der Waals surface area contributed by atoms with E-state index < -0.39 is 0 Å². The summed E-state index contributed by atoms with van der Waals surface area (Å²) < 4.78 is 5.26. The van der Waals surface area contributed by atoms with E-state index in [2.05, 4.69) is 25.0 Å². The molecule has 0 unspecified atom stereocenters. The number of rotatable bonds is 4. The molecule has 0 aromatic carbocycles. The zero-order valence-corrected chi connectivity index (χ0v) is 17.0. The van der Waals surface area contributed by atoms with Crippen molar-refractivity contribution in [2.45, 2.75) is 19.8 Å². The number of halogens is 1. The minimum Gasteiger partial charge on any atom is -0.353 e. The van der Waals surface area contributed by atoms with Crippen LogP contribution in [0.3, 0.4) is 0 Å². The van der Waals surface area contributed by atoms with Crippen molar-refractivity contribution in [2.24, 2.45) is 0 Å². The zero-order valence-electron chi connectivity index (χ0n) is 16.2. The summed E-state index contributed by atoms with van der Waals surface area (Å²) in [5.41, 5.74) is 1.36. The number of hydrogen-bond acceptors (Lipinski definition) is 7. The van der Waals surface area contributed by atoms with Gasteiger partial charge in [0.1, 0.15) is 11.0 Å². The topological polar surface area (TPSA) is 88.3 Å². The first kappa shape index (κ1) is 19.3. The lowest BCUT2D eigenvalue weighted by Gasteiger charge is -2.35. The van der Waals surface area contributed by atoms with Crippen molar-refractivity contribution in [3.63, 3.8) is 0 Å². The van der Waals surface area contributed by atoms with Crippen LogP contribution in [0.15, 0.2) is 41.2 Å². The lowest BCUT2D eigenvalue weighted by molar-refractivity contribution is 0.0746. The predicted molar refractivity (Wildman–Crippen MR) is 109 cm³/mol. The van der Waals surface area contributed by atoms with Crippen molar-refractivity contribution in [2.75, 3.05) is 31.1 Å². The smallest absolute Gasteiger partial charge is 0.255 e. The molecule has 9 heteroatoms. The van der Waals surface area contributed by atoms with Crippen molar-refractivity contribution in [3.8, 4) is 11.4 Å². The van der Waals surface area contributed by atoms with Gasteiger partial charge in [0.15, 0.2) is 0 Å². The quantitative estimate of drug-likeness (QED) is 0.607. The zero-order chi connectivity index (χ0) is 20.4. The molecule has 150 valence electrons. The van der Waals surface area contributed by atoms with Gasteiger partial charge in [-0.2, -0.15) is 4.98 Å². The van der Waals surface area contributed by atoms with Crippen LogP contribution in [-0.4, -0.2) is 57.1 Å². The fourth-order valence-electron chi connectivity index (χ4n) is 3.12. The van der Waals surface area contributed by atoms with E-state index in [4.69, 9.17) is 16.1 Å². The second kappa shape index (κ2) is 8.16. The van der Waals surface area contributed by atoms with Gasteiger partial charge in [0.05, 0.1) is 5.56 Å². The fraction of sp³-hybridized carbons (Fsp3) is 0.350. The number of nitrogens with zero attached hydrogens (tertiary/aromatic N) is 6. The Morgan fingerprint density at radius 2 is 1.86 bits per heavy atom. The molecule has 1 aliphatic rings. The van der Waals surface area contributed by atoms with Crippen LogP contribution >= 0.6 is 11.6 Å². The Morgan fingerprint density at radius 1 is 1.07 bits per heavy atom. The van der Waals surface area contributed by atoms with E-state index in [1.54, 1.807) is 18.3 Å². The predicted octanol–water partition coefficient (Wildman–Crippen LogP) is 3.27. The van der Waals surface area contributed by atoms with E-state index in [0.29, 0.717) is 48.6 Å². The minimum atomic E-state index is -0.0322. The summed E-state index contributed by atoms with van der Waals surface area (Å²) in [6.07, 6.45) is 3.27. The monoisotopic (exact) mass is 412 g/mol. The number of piperazine rings is 1. The molecular formula is C20H21ClN6O2. The van der Waals surface area contributed by atoms with E-state index in [9.17, 15) is 4.79 Å². The Morgan fingerprint density at radius 3 is 2.45 bits per heavy atom. The molecule has 0 aliphatic carbocycles. The SMILES string of the molecule is CC(C)c1nc(-c2ccc(N3CCN(C(=O)c4ccc(Cl)nc4)CC3)nc2)no1. The van der Waals surface area contributed by atoms with Crippen LogP contribution in [0.1, 0.15) is 36.0 Å². The van der Waals surface area contributed by atoms with Gasteiger partial charge in [-0.1, -0.05) is 30.6 Å². The van der Waals surface area contributed by atoms with Crippen molar-refractivity contribution >= 4 is 23.3 Å². The second-order valence-corrected chi connectivity index (χ2v) is 7.55. The number of pyridine rings is 2. The lowest BCUT2D eigenvalue weighted by atomic mass is 10.2. The van der Waals surface area contributed by atoms with Crippen LogP contribution in [0.5, 0.6) is 0 Å². The minimum absolute atomic E-state index is 0.0322. The van der Waals surface area contributed by atoms with Gasteiger partial charge >= 0.3 is 0 Å². The molecule has 29 heavy (non-hydrogen) atoms. The first-order chi connectivity index (χ1) is 14.0.